The molecule has 3 aromatic carbocycles. The van der Waals surface area contributed by atoms with Gasteiger partial charge in [-0.25, -0.2) is 8.42 Å². The van der Waals surface area contributed by atoms with Crippen molar-refractivity contribution in [1.29, 1.82) is 0 Å². The second-order valence-electron chi connectivity index (χ2n) is 7.36. The Morgan fingerprint density at radius 3 is 1.56 bits per heavy atom. The Labute approximate surface area is 197 Å². The minimum Gasteiger partial charge on any atom is -0.289 e. The lowest BCUT2D eigenvalue weighted by Gasteiger charge is -2.29. The predicted molar refractivity (Wildman–Crippen MR) is 129 cm³/mol. The first-order valence-corrected chi connectivity index (χ1v) is 12.0. The van der Waals surface area contributed by atoms with Gasteiger partial charge < -0.3 is 0 Å². The maximum absolute atomic E-state index is 13.3. The van der Waals surface area contributed by atoms with Crippen molar-refractivity contribution in [2.24, 2.45) is 0 Å². The zero-order valence-corrected chi connectivity index (χ0v) is 19.2. The summed E-state index contributed by atoms with van der Waals surface area (Å²) in [6.45, 7) is -0.0344. The van der Waals surface area contributed by atoms with Gasteiger partial charge in [0.05, 0.1) is 4.90 Å². The first kappa shape index (κ1) is 22.5. The molecule has 4 rings (SSSR count). The number of halogens is 2. The molecule has 0 radical (unpaired) electrons. The zero-order valence-electron chi connectivity index (χ0n) is 16.9. The van der Waals surface area contributed by atoms with Gasteiger partial charge in [0.25, 0.3) is 0 Å². The maximum atomic E-state index is 13.3. The van der Waals surface area contributed by atoms with Crippen molar-refractivity contribution in [1.82, 2.24) is 4.31 Å². The van der Waals surface area contributed by atoms with E-state index in [0.717, 1.165) is 11.1 Å². The fraction of sp³-hybridized carbons (Fsp3) is 0.0800. The summed E-state index contributed by atoms with van der Waals surface area (Å²) in [5.41, 5.74) is 2.31. The second kappa shape index (κ2) is 9.43. The van der Waals surface area contributed by atoms with Crippen LogP contribution in [-0.2, 0) is 14.8 Å². The van der Waals surface area contributed by atoms with E-state index in [1.54, 1.807) is 91.0 Å². The summed E-state index contributed by atoms with van der Waals surface area (Å²) in [5, 5.41) is 1.16. The largest absolute Gasteiger partial charge is 0.289 e. The number of hydrogen-bond donors (Lipinski definition) is 0. The number of rotatable bonds is 4. The molecule has 1 aliphatic heterocycles. The van der Waals surface area contributed by atoms with E-state index >= 15 is 0 Å². The van der Waals surface area contributed by atoms with E-state index in [9.17, 15) is 13.2 Å². The second-order valence-corrected chi connectivity index (χ2v) is 10.2. The van der Waals surface area contributed by atoms with Gasteiger partial charge in [-0.1, -0.05) is 65.7 Å². The molecule has 0 aromatic heterocycles. The van der Waals surface area contributed by atoms with Crippen molar-refractivity contribution in [3.05, 3.63) is 111 Å². The molecule has 0 unspecified atom stereocenters. The van der Waals surface area contributed by atoms with E-state index in [0.29, 0.717) is 21.2 Å². The van der Waals surface area contributed by atoms with Gasteiger partial charge in [0.1, 0.15) is 0 Å². The van der Waals surface area contributed by atoms with Crippen LogP contribution < -0.4 is 0 Å². The first-order chi connectivity index (χ1) is 15.3. The van der Waals surface area contributed by atoms with E-state index in [1.807, 2.05) is 0 Å². The molecule has 0 atom stereocenters. The van der Waals surface area contributed by atoms with E-state index in [1.165, 1.54) is 4.31 Å². The van der Waals surface area contributed by atoms with Crippen LogP contribution in [0.15, 0.2) is 94.9 Å². The van der Waals surface area contributed by atoms with Crippen LogP contribution in [0, 0.1) is 0 Å². The van der Waals surface area contributed by atoms with Gasteiger partial charge in [-0.15, -0.1) is 0 Å². The Bertz CT molecular complexity index is 1230. The van der Waals surface area contributed by atoms with Crippen LogP contribution >= 0.6 is 23.2 Å². The molecule has 4 nitrogen and oxygen atoms in total. The van der Waals surface area contributed by atoms with Gasteiger partial charge in [0.2, 0.25) is 10.0 Å². The number of ketones is 1. The molecular formula is C25H19Cl2NO3S. The molecule has 0 N–H and O–H groups in total. The van der Waals surface area contributed by atoms with Gasteiger partial charge in [0.15, 0.2) is 5.78 Å². The minimum absolute atomic E-state index is 0.0172. The van der Waals surface area contributed by atoms with Crippen molar-refractivity contribution >= 4 is 51.2 Å². The van der Waals surface area contributed by atoms with Gasteiger partial charge in [-0.3, -0.25) is 4.79 Å². The number of carbonyl (C=O) groups excluding carboxylic acids is 1. The van der Waals surface area contributed by atoms with Crippen LogP contribution in [0.25, 0.3) is 12.2 Å². The van der Waals surface area contributed by atoms with Gasteiger partial charge in [-0.05, 0) is 59.7 Å². The Morgan fingerprint density at radius 2 is 1.12 bits per heavy atom. The number of piperidine rings is 1. The summed E-state index contributed by atoms with van der Waals surface area (Å²) in [6, 6.07) is 22.3. The topological polar surface area (TPSA) is 54.5 Å². The molecule has 3 aromatic rings. The average Bonchev–Trinajstić information content (AvgIpc) is 2.80. The number of sulfonamides is 1. The quantitative estimate of drug-likeness (QED) is 0.445. The molecule has 0 saturated carbocycles. The van der Waals surface area contributed by atoms with Crippen LogP contribution in [0.2, 0.25) is 10.0 Å². The van der Waals surface area contributed by atoms with Crippen LogP contribution in [0.3, 0.4) is 0 Å². The smallest absolute Gasteiger partial charge is 0.243 e. The van der Waals surface area contributed by atoms with Crippen molar-refractivity contribution in [3.63, 3.8) is 0 Å². The maximum Gasteiger partial charge on any atom is 0.243 e. The highest BCUT2D eigenvalue weighted by molar-refractivity contribution is 7.89. The number of benzene rings is 3. The van der Waals surface area contributed by atoms with Gasteiger partial charge in [-0.2, -0.15) is 4.31 Å². The van der Waals surface area contributed by atoms with E-state index in [4.69, 9.17) is 23.2 Å². The van der Waals surface area contributed by atoms with Crippen molar-refractivity contribution in [2.75, 3.05) is 13.1 Å². The summed E-state index contributed by atoms with van der Waals surface area (Å²) < 4.78 is 27.9. The first-order valence-electron chi connectivity index (χ1n) is 9.85. The molecule has 0 amide bonds. The summed E-state index contributed by atoms with van der Waals surface area (Å²) in [7, 11) is -3.79. The van der Waals surface area contributed by atoms with Crippen molar-refractivity contribution in [3.8, 4) is 0 Å². The van der Waals surface area contributed by atoms with E-state index < -0.39 is 10.0 Å². The lowest BCUT2D eigenvalue weighted by Crippen LogP contribution is -2.41. The Balaban J connectivity index is 1.77. The fourth-order valence-corrected chi connectivity index (χ4v) is 5.11. The summed E-state index contributed by atoms with van der Waals surface area (Å²) in [5.74, 6) is -0.186. The highest BCUT2D eigenvalue weighted by Crippen LogP contribution is 2.27. The third kappa shape index (κ3) is 5.03. The molecule has 7 heteroatoms. The molecule has 1 fully saturated rings. The van der Waals surface area contributed by atoms with Crippen LogP contribution in [-0.4, -0.2) is 31.6 Å². The standard InChI is InChI=1S/C25H19Cl2NO3S/c26-22-10-6-18(7-11-22)14-20-16-28(32(30,31)24-4-2-1-3-5-24)17-21(25(20)29)15-19-8-12-23(27)13-9-19/h1-15H,16-17H2/b20-14-,21-15+. The molecule has 0 spiro atoms. The number of nitrogens with zero attached hydrogens (tertiary/aromatic N) is 1. The monoisotopic (exact) mass is 483 g/mol. The third-order valence-corrected chi connectivity index (χ3v) is 7.39. The third-order valence-electron chi connectivity index (χ3n) is 5.08. The Hall–Kier alpha value is -2.70. The molecular weight excluding hydrogens is 465 g/mol. The normalized spacial score (nSPS) is 17.8. The summed E-state index contributed by atoms with van der Waals surface area (Å²) in [4.78, 5) is 13.5. The Morgan fingerprint density at radius 1 is 0.688 bits per heavy atom. The fourth-order valence-electron chi connectivity index (χ4n) is 3.44. The molecule has 1 aliphatic rings. The number of hydrogen-bond acceptors (Lipinski definition) is 3. The lowest BCUT2D eigenvalue weighted by atomic mass is 9.95. The molecule has 162 valence electrons. The minimum atomic E-state index is -3.79. The molecule has 0 aliphatic carbocycles. The van der Waals surface area contributed by atoms with E-state index in [2.05, 4.69) is 0 Å². The summed E-state index contributed by atoms with van der Waals surface area (Å²) >= 11 is 11.9. The molecule has 1 heterocycles. The summed E-state index contributed by atoms with van der Waals surface area (Å²) in [6.07, 6.45) is 3.42. The van der Waals surface area contributed by atoms with Crippen molar-refractivity contribution < 1.29 is 13.2 Å². The number of Topliss-reactive ketones (excluding diaryl/α,β-unsaturated/α-hetero) is 1. The SMILES string of the molecule is O=C1/C(=C\c2ccc(Cl)cc2)CN(S(=O)(=O)c2ccccc2)C/C1=C\c1ccc(Cl)cc1. The van der Waals surface area contributed by atoms with Gasteiger partial charge >= 0.3 is 0 Å². The molecule has 0 bridgehead atoms. The predicted octanol–water partition coefficient (Wildman–Crippen LogP) is 5.73. The van der Waals surface area contributed by atoms with Crippen molar-refractivity contribution in [2.45, 2.75) is 4.90 Å². The Kier molecular flexibility index (Phi) is 6.63. The van der Waals surface area contributed by atoms with E-state index in [-0.39, 0.29) is 23.8 Å². The molecule has 1 saturated heterocycles. The van der Waals surface area contributed by atoms with Gasteiger partial charge in [0, 0.05) is 34.3 Å². The average molecular weight is 484 g/mol. The van der Waals surface area contributed by atoms with Crippen LogP contribution in [0.4, 0.5) is 0 Å². The highest BCUT2D eigenvalue weighted by atomic mass is 35.5. The molecule has 32 heavy (non-hydrogen) atoms. The van der Waals surface area contributed by atoms with Crippen LogP contribution in [0.1, 0.15) is 11.1 Å². The lowest BCUT2D eigenvalue weighted by molar-refractivity contribution is -0.113. The zero-order chi connectivity index (χ0) is 22.7. The number of carbonyl (C=O) groups is 1. The van der Waals surface area contributed by atoms with Crippen LogP contribution in [0.5, 0.6) is 0 Å². The highest BCUT2D eigenvalue weighted by Gasteiger charge is 2.34.